The molecule has 0 spiro atoms. The van der Waals surface area contributed by atoms with Gasteiger partial charge < -0.3 is 5.32 Å². The molecule has 2 heterocycles. The topological polar surface area (TPSA) is 80.9 Å². The van der Waals surface area contributed by atoms with Crippen molar-refractivity contribution in [3.05, 3.63) is 35.8 Å². The van der Waals surface area contributed by atoms with Gasteiger partial charge in [-0.2, -0.15) is 0 Å². The van der Waals surface area contributed by atoms with Crippen molar-refractivity contribution < 1.29 is 9.42 Å². The van der Waals surface area contributed by atoms with Gasteiger partial charge in [-0.15, -0.1) is 0 Å². The molecule has 1 amide bonds. The molecule has 15 heavy (non-hydrogen) atoms. The van der Waals surface area contributed by atoms with Gasteiger partial charge in [-0.3, -0.25) is 4.79 Å². The maximum Gasteiger partial charge on any atom is 0.281 e. The van der Waals surface area contributed by atoms with Crippen molar-refractivity contribution in [2.75, 3.05) is 5.32 Å². The highest BCUT2D eigenvalue weighted by Crippen LogP contribution is 2.05. The first-order valence-corrected chi connectivity index (χ1v) is 4.29. The minimum Gasteiger partial charge on any atom is -0.305 e. The Bertz CT molecular complexity index is 466. The van der Waals surface area contributed by atoms with Crippen LogP contribution in [0.4, 0.5) is 5.82 Å². The zero-order chi connectivity index (χ0) is 10.7. The Morgan fingerprint density at radius 3 is 2.87 bits per heavy atom. The molecule has 0 radical (unpaired) electrons. The van der Waals surface area contributed by atoms with Crippen molar-refractivity contribution in [1.29, 1.82) is 0 Å². The quantitative estimate of drug-likeness (QED) is 0.789. The normalized spacial score (nSPS) is 9.93. The van der Waals surface area contributed by atoms with E-state index in [0.29, 0.717) is 11.5 Å². The van der Waals surface area contributed by atoms with Crippen LogP contribution in [0.25, 0.3) is 0 Å². The molecule has 1 N–H and O–H groups in total. The molecule has 0 aromatic carbocycles. The van der Waals surface area contributed by atoms with E-state index < -0.39 is 0 Å². The molecule has 2 rings (SSSR count). The van der Waals surface area contributed by atoms with Crippen molar-refractivity contribution >= 4 is 11.7 Å². The number of carbonyl (C=O) groups excluding carboxylic acids is 1. The van der Waals surface area contributed by atoms with E-state index in [2.05, 4.69) is 25.2 Å². The van der Waals surface area contributed by atoms with Gasteiger partial charge in [0, 0.05) is 6.20 Å². The predicted molar refractivity (Wildman–Crippen MR) is 51.2 cm³/mol. The minimum absolute atomic E-state index is 0.167. The number of nitrogens with zero attached hydrogens (tertiary/aromatic N) is 3. The van der Waals surface area contributed by atoms with Gasteiger partial charge in [0.2, 0.25) is 0 Å². The van der Waals surface area contributed by atoms with Gasteiger partial charge in [-0.05, 0) is 24.2 Å². The van der Waals surface area contributed by atoms with Crippen LogP contribution < -0.4 is 5.32 Å². The number of rotatable bonds is 2. The maximum absolute atomic E-state index is 11.6. The summed E-state index contributed by atoms with van der Waals surface area (Å²) < 4.78 is 4.42. The lowest BCUT2D eigenvalue weighted by Crippen LogP contribution is -2.14. The summed E-state index contributed by atoms with van der Waals surface area (Å²) in [5.41, 5.74) is 0.615. The van der Waals surface area contributed by atoms with Crippen LogP contribution in [0, 0.1) is 6.92 Å². The number of pyridine rings is 1. The van der Waals surface area contributed by atoms with E-state index in [0.717, 1.165) is 0 Å². The molecule has 0 aliphatic carbocycles. The standard InChI is InChI=1S/C9H8N4O2/c1-6-8(13-15-12-6)9(14)11-7-4-2-3-5-10-7/h2-5H,1H3,(H,10,11,14). The zero-order valence-electron chi connectivity index (χ0n) is 7.97. The van der Waals surface area contributed by atoms with Gasteiger partial charge in [-0.1, -0.05) is 11.2 Å². The Hall–Kier alpha value is -2.24. The van der Waals surface area contributed by atoms with Crippen molar-refractivity contribution in [1.82, 2.24) is 15.3 Å². The lowest BCUT2D eigenvalue weighted by atomic mass is 10.3. The highest BCUT2D eigenvalue weighted by atomic mass is 16.6. The van der Waals surface area contributed by atoms with Gasteiger partial charge in [0.1, 0.15) is 11.5 Å². The van der Waals surface area contributed by atoms with Crippen LogP contribution >= 0.6 is 0 Å². The summed E-state index contributed by atoms with van der Waals surface area (Å²) in [4.78, 5) is 15.5. The van der Waals surface area contributed by atoms with Gasteiger partial charge in [0.25, 0.3) is 5.91 Å². The average Bonchev–Trinajstić information content (AvgIpc) is 2.66. The van der Waals surface area contributed by atoms with Crippen LogP contribution in [0.5, 0.6) is 0 Å². The molecule has 0 saturated carbocycles. The van der Waals surface area contributed by atoms with Crippen molar-refractivity contribution in [3.63, 3.8) is 0 Å². The summed E-state index contributed by atoms with van der Waals surface area (Å²) >= 11 is 0. The number of aryl methyl sites for hydroxylation is 1. The van der Waals surface area contributed by atoms with Crippen LogP contribution in [-0.4, -0.2) is 21.2 Å². The first kappa shape index (κ1) is 9.32. The molecule has 0 unspecified atom stereocenters. The fourth-order valence-electron chi connectivity index (χ4n) is 1.05. The second-order valence-electron chi connectivity index (χ2n) is 2.87. The fourth-order valence-corrected chi connectivity index (χ4v) is 1.05. The molecule has 6 nitrogen and oxygen atoms in total. The lowest BCUT2D eigenvalue weighted by Gasteiger charge is -2.00. The SMILES string of the molecule is Cc1nonc1C(=O)Nc1ccccn1. The van der Waals surface area contributed by atoms with Crippen LogP contribution in [0.2, 0.25) is 0 Å². The molecule has 0 aliphatic heterocycles. The zero-order valence-corrected chi connectivity index (χ0v) is 7.97. The number of anilines is 1. The molecular weight excluding hydrogens is 196 g/mol. The van der Waals surface area contributed by atoms with Crippen LogP contribution in [0.1, 0.15) is 16.2 Å². The third-order valence-corrected chi connectivity index (χ3v) is 1.77. The minimum atomic E-state index is -0.382. The Morgan fingerprint density at radius 1 is 1.40 bits per heavy atom. The summed E-state index contributed by atoms with van der Waals surface area (Å²) in [5.74, 6) is 0.0809. The van der Waals surface area contributed by atoms with Crippen LogP contribution in [0.15, 0.2) is 29.0 Å². The second kappa shape index (κ2) is 3.87. The predicted octanol–water partition coefficient (Wildman–Crippen LogP) is 1.03. The highest BCUT2D eigenvalue weighted by molar-refractivity contribution is 6.02. The summed E-state index contributed by atoms with van der Waals surface area (Å²) in [5, 5.41) is 9.57. The van der Waals surface area contributed by atoms with Crippen LogP contribution in [-0.2, 0) is 0 Å². The molecule has 0 atom stereocenters. The van der Waals surface area contributed by atoms with Crippen LogP contribution in [0.3, 0.4) is 0 Å². The number of amides is 1. The molecule has 2 aromatic rings. The van der Waals surface area contributed by atoms with E-state index in [1.54, 1.807) is 31.3 Å². The Kier molecular flexibility index (Phi) is 2.40. The molecule has 6 heteroatoms. The van der Waals surface area contributed by atoms with E-state index in [1.165, 1.54) is 0 Å². The Morgan fingerprint density at radius 2 is 2.27 bits per heavy atom. The number of hydrogen-bond acceptors (Lipinski definition) is 5. The molecule has 2 aromatic heterocycles. The number of hydrogen-bond donors (Lipinski definition) is 1. The molecule has 0 bridgehead atoms. The number of carbonyl (C=O) groups is 1. The maximum atomic E-state index is 11.6. The average molecular weight is 204 g/mol. The summed E-state index contributed by atoms with van der Waals surface area (Å²) in [6.45, 7) is 1.64. The third-order valence-electron chi connectivity index (χ3n) is 1.77. The molecular formula is C9H8N4O2. The van der Waals surface area contributed by atoms with Gasteiger partial charge in [0.05, 0.1) is 0 Å². The molecule has 76 valence electrons. The van der Waals surface area contributed by atoms with Gasteiger partial charge >= 0.3 is 0 Å². The summed E-state index contributed by atoms with van der Waals surface area (Å²) in [6.07, 6.45) is 1.59. The Balaban J connectivity index is 2.15. The lowest BCUT2D eigenvalue weighted by molar-refractivity contribution is 0.101. The summed E-state index contributed by atoms with van der Waals surface area (Å²) in [6, 6.07) is 5.22. The molecule has 0 saturated heterocycles. The van der Waals surface area contributed by atoms with Crippen molar-refractivity contribution in [2.24, 2.45) is 0 Å². The van der Waals surface area contributed by atoms with E-state index in [1.807, 2.05) is 0 Å². The van der Waals surface area contributed by atoms with E-state index in [4.69, 9.17) is 0 Å². The second-order valence-corrected chi connectivity index (χ2v) is 2.87. The summed E-state index contributed by atoms with van der Waals surface area (Å²) in [7, 11) is 0. The van der Waals surface area contributed by atoms with E-state index >= 15 is 0 Å². The Labute approximate surface area is 85.3 Å². The third kappa shape index (κ3) is 1.98. The number of aromatic nitrogens is 3. The van der Waals surface area contributed by atoms with Gasteiger partial charge in [-0.25, -0.2) is 9.61 Å². The molecule has 0 fully saturated rings. The van der Waals surface area contributed by atoms with Crippen molar-refractivity contribution in [2.45, 2.75) is 6.92 Å². The van der Waals surface area contributed by atoms with E-state index in [9.17, 15) is 4.79 Å². The number of nitrogens with one attached hydrogen (secondary N) is 1. The van der Waals surface area contributed by atoms with E-state index in [-0.39, 0.29) is 11.6 Å². The smallest absolute Gasteiger partial charge is 0.281 e. The highest BCUT2D eigenvalue weighted by Gasteiger charge is 2.14. The monoisotopic (exact) mass is 204 g/mol. The molecule has 0 aliphatic rings. The first-order valence-electron chi connectivity index (χ1n) is 4.29. The van der Waals surface area contributed by atoms with Gasteiger partial charge in [0.15, 0.2) is 5.69 Å². The largest absolute Gasteiger partial charge is 0.305 e. The van der Waals surface area contributed by atoms with Crippen molar-refractivity contribution in [3.8, 4) is 0 Å². The fraction of sp³-hybridized carbons (Fsp3) is 0.111. The first-order chi connectivity index (χ1) is 7.27.